The summed E-state index contributed by atoms with van der Waals surface area (Å²) in [6, 6.07) is 4.13. The van der Waals surface area contributed by atoms with Crippen molar-refractivity contribution in [1.82, 2.24) is 0 Å². The van der Waals surface area contributed by atoms with E-state index in [1.54, 1.807) is 14.2 Å². The standard InChI is InChI=1S/C14H20NO2/c1-9-14(2,3)10-7-12(16-5)13(17-6)8-11(10)15(9)4/h7-8H,1-6H3/q+1. The van der Waals surface area contributed by atoms with Gasteiger partial charge in [-0.15, -0.1) is 0 Å². The van der Waals surface area contributed by atoms with E-state index in [-0.39, 0.29) is 5.41 Å². The molecule has 0 N–H and O–H groups in total. The first kappa shape index (κ1) is 12.0. The van der Waals surface area contributed by atoms with E-state index in [4.69, 9.17) is 9.47 Å². The average molecular weight is 234 g/mol. The Bertz CT molecular complexity index is 501. The van der Waals surface area contributed by atoms with Crippen LogP contribution in [0.15, 0.2) is 12.1 Å². The van der Waals surface area contributed by atoms with Gasteiger partial charge in [-0.3, -0.25) is 0 Å². The van der Waals surface area contributed by atoms with Gasteiger partial charge in [0.2, 0.25) is 5.69 Å². The zero-order valence-corrected chi connectivity index (χ0v) is 11.4. The van der Waals surface area contributed by atoms with Gasteiger partial charge in [-0.2, -0.15) is 0 Å². The van der Waals surface area contributed by atoms with E-state index in [0.29, 0.717) is 0 Å². The first-order chi connectivity index (χ1) is 7.93. The van der Waals surface area contributed by atoms with Crippen LogP contribution in [0.2, 0.25) is 0 Å². The third-order valence-electron chi connectivity index (χ3n) is 3.94. The predicted octanol–water partition coefficient (Wildman–Crippen LogP) is 2.73. The number of fused-ring (bicyclic) bond motifs is 1. The molecule has 0 spiro atoms. The smallest absolute Gasteiger partial charge is 0.213 e. The van der Waals surface area contributed by atoms with Crippen molar-refractivity contribution in [2.75, 3.05) is 21.3 Å². The molecule has 92 valence electrons. The van der Waals surface area contributed by atoms with Gasteiger partial charge in [-0.05, 0) is 19.9 Å². The zero-order valence-electron chi connectivity index (χ0n) is 11.4. The monoisotopic (exact) mass is 234 g/mol. The molecule has 1 aliphatic heterocycles. The second kappa shape index (κ2) is 3.76. The van der Waals surface area contributed by atoms with Gasteiger partial charge in [0.05, 0.1) is 25.7 Å². The summed E-state index contributed by atoms with van der Waals surface area (Å²) in [6.07, 6.45) is 0. The van der Waals surface area contributed by atoms with Crippen LogP contribution in [0.4, 0.5) is 5.69 Å². The van der Waals surface area contributed by atoms with Gasteiger partial charge in [-0.1, -0.05) is 0 Å². The summed E-state index contributed by atoms with van der Waals surface area (Å²) in [6.45, 7) is 6.63. The molecule has 0 saturated carbocycles. The Morgan fingerprint density at radius 3 is 2.12 bits per heavy atom. The highest BCUT2D eigenvalue weighted by atomic mass is 16.5. The third kappa shape index (κ3) is 1.53. The van der Waals surface area contributed by atoms with E-state index in [2.05, 4.69) is 38.5 Å². The molecule has 0 aliphatic carbocycles. The quantitative estimate of drug-likeness (QED) is 0.734. The lowest BCUT2D eigenvalue weighted by atomic mass is 9.82. The zero-order chi connectivity index (χ0) is 12.8. The normalized spacial score (nSPS) is 17.1. The fraction of sp³-hybridized carbons (Fsp3) is 0.500. The van der Waals surface area contributed by atoms with Crippen LogP contribution in [0.5, 0.6) is 11.5 Å². The minimum Gasteiger partial charge on any atom is -0.493 e. The maximum Gasteiger partial charge on any atom is 0.213 e. The van der Waals surface area contributed by atoms with Gasteiger partial charge >= 0.3 is 0 Å². The van der Waals surface area contributed by atoms with Crippen LogP contribution < -0.4 is 9.47 Å². The lowest BCUT2D eigenvalue weighted by molar-refractivity contribution is -0.403. The number of methoxy groups -OCH3 is 2. The number of nitrogens with zero attached hydrogens (tertiary/aromatic N) is 1. The van der Waals surface area contributed by atoms with Crippen LogP contribution in [0.1, 0.15) is 26.3 Å². The highest BCUT2D eigenvalue weighted by Crippen LogP contribution is 2.44. The van der Waals surface area contributed by atoms with Crippen LogP contribution in [-0.2, 0) is 5.41 Å². The van der Waals surface area contributed by atoms with E-state index < -0.39 is 0 Å². The van der Waals surface area contributed by atoms with Crippen molar-refractivity contribution in [2.24, 2.45) is 0 Å². The maximum atomic E-state index is 5.37. The Balaban J connectivity index is 2.70. The van der Waals surface area contributed by atoms with E-state index >= 15 is 0 Å². The SMILES string of the molecule is COc1cc2c(cc1OC)C(C)(C)C(C)=[N+]2C. The Labute approximate surface area is 103 Å². The van der Waals surface area contributed by atoms with E-state index in [1.807, 2.05) is 6.07 Å². The molecular formula is C14H20NO2+. The molecule has 1 heterocycles. The van der Waals surface area contributed by atoms with Crippen molar-refractivity contribution in [1.29, 1.82) is 0 Å². The van der Waals surface area contributed by atoms with Crippen LogP contribution >= 0.6 is 0 Å². The molecule has 0 radical (unpaired) electrons. The molecule has 0 unspecified atom stereocenters. The summed E-state index contributed by atoms with van der Waals surface area (Å²) in [5.41, 5.74) is 3.87. The molecule has 1 aromatic rings. The minimum atomic E-state index is 0.0453. The van der Waals surface area contributed by atoms with E-state index in [9.17, 15) is 0 Å². The largest absolute Gasteiger partial charge is 0.493 e. The molecule has 2 rings (SSSR count). The van der Waals surface area contributed by atoms with Crippen molar-refractivity contribution in [2.45, 2.75) is 26.2 Å². The number of ether oxygens (including phenoxy) is 2. The van der Waals surface area contributed by atoms with Crippen LogP contribution in [0.3, 0.4) is 0 Å². The molecule has 17 heavy (non-hydrogen) atoms. The van der Waals surface area contributed by atoms with Crippen molar-refractivity contribution < 1.29 is 14.0 Å². The molecular weight excluding hydrogens is 214 g/mol. The van der Waals surface area contributed by atoms with E-state index in [0.717, 1.165) is 11.5 Å². The van der Waals surface area contributed by atoms with Crippen molar-refractivity contribution in [3.63, 3.8) is 0 Å². The summed E-state index contributed by atoms with van der Waals surface area (Å²) >= 11 is 0. The lowest BCUT2D eigenvalue weighted by Gasteiger charge is -2.16. The van der Waals surface area contributed by atoms with E-state index in [1.165, 1.54) is 17.0 Å². The molecule has 3 nitrogen and oxygen atoms in total. The van der Waals surface area contributed by atoms with Crippen molar-refractivity contribution in [3.8, 4) is 11.5 Å². The molecule has 0 fully saturated rings. The molecule has 0 saturated heterocycles. The Kier molecular flexibility index (Phi) is 2.64. The first-order valence-electron chi connectivity index (χ1n) is 5.77. The highest BCUT2D eigenvalue weighted by Gasteiger charge is 2.42. The fourth-order valence-corrected chi connectivity index (χ4v) is 2.44. The second-order valence-electron chi connectivity index (χ2n) is 4.99. The summed E-state index contributed by atoms with van der Waals surface area (Å²) in [7, 11) is 5.43. The summed E-state index contributed by atoms with van der Waals surface area (Å²) in [5, 5.41) is 0. The second-order valence-corrected chi connectivity index (χ2v) is 4.99. The molecule has 3 heteroatoms. The minimum absolute atomic E-state index is 0.0453. The van der Waals surface area contributed by atoms with Crippen molar-refractivity contribution in [3.05, 3.63) is 17.7 Å². The van der Waals surface area contributed by atoms with Crippen LogP contribution in [0.25, 0.3) is 0 Å². The number of rotatable bonds is 2. The number of hydrogen-bond acceptors (Lipinski definition) is 2. The molecule has 0 bridgehead atoms. The summed E-state index contributed by atoms with van der Waals surface area (Å²) in [5.74, 6) is 1.58. The predicted molar refractivity (Wildman–Crippen MR) is 69.1 cm³/mol. The molecule has 0 aromatic heterocycles. The Hall–Kier alpha value is -1.51. The fourth-order valence-electron chi connectivity index (χ4n) is 2.44. The Morgan fingerprint density at radius 1 is 1.06 bits per heavy atom. The van der Waals surface area contributed by atoms with Crippen molar-refractivity contribution >= 4 is 11.4 Å². The van der Waals surface area contributed by atoms with Gasteiger partial charge < -0.3 is 9.47 Å². The third-order valence-corrected chi connectivity index (χ3v) is 3.94. The molecule has 1 aromatic carbocycles. The molecule has 0 amide bonds. The Morgan fingerprint density at radius 2 is 1.59 bits per heavy atom. The van der Waals surface area contributed by atoms with Gasteiger partial charge in [-0.25, -0.2) is 4.58 Å². The number of hydrogen-bond donors (Lipinski definition) is 0. The van der Waals surface area contributed by atoms with Crippen LogP contribution in [0, 0.1) is 0 Å². The van der Waals surface area contributed by atoms with Crippen LogP contribution in [-0.4, -0.2) is 31.6 Å². The molecule has 0 atom stereocenters. The maximum absolute atomic E-state index is 5.37. The lowest BCUT2D eigenvalue weighted by Crippen LogP contribution is -2.25. The first-order valence-corrected chi connectivity index (χ1v) is 5.77. The number of benzene rings is 1. The summed E-state index contributed by atoms with van der Waals surface area (Å²) in [4.78, 5) is 0. The van der Waals surface area contributed by atoms with Gasteiger partial charge in [0.15, 0.2) is 17.2 Å². The van der Waals surface area contributed by atoms with Gasteiger partial charge in [0.25, 0.3) is 0 Å². The topological polar surface area (TPSA) is 21.5 Å². The average Bonchev–Trinajstić information content (AvgIpc) is 2.49. The summed E-state index contributed by atoms with van der Waals surface area (Å²) < 4.78 is 12.9. The molecule has 1 aliphatic rings. The van der Waals surface area contributed by atoms with Gasteiger partial charge in [0.1, 0.15) is 7.05 Å². The van der Waals surface area contributed by atoms with Gasteiger partial charge in [0, 0.05) is 12.5 Å². The highest BCUT2D eigenvalue weighted by molar-refractivity contribution is 5.93.